The van der Waals surface area contributed by atoms with Crippen LogP contribution in [0.3, 0.4) is 0 Å². The lowest BCUT2D eigenvalue weighted by Gasteiger charge is -2.31. The predicted octanol–water partition coefficient (Wildman–Crippen LogP) is 3.63. The van der Waals surface area contributed by atoms with E-state index in [1.807, 2.05) is 13.8 Å². The van der Waals surface area contributed by atoms with Crippen LogP contribution in [0.4, 0.5) is 4.79 Å². The zero-order valence-corrected chi connectivity index (χ0v) is 20.9. The number of alkyl carbamates (subject to hydrolysis) is 1. The van der Waals surface area contributed by atoms with Gasteiger partial charge in [-0.2, -0.15) is 0 Å². The average molecular weight is 460 g/mol. The smallest absolute Gasteiger partial charge is 0.408 e. The van der Waals surface area contributed by atoms with Crippen molar-refractivity contribution in [3.8, 4) is 18.2 Å². The number of phenolic OH excluding ortho intramolecular Hbond substituents is 1. The molecule has 182 valence electrons. The molecule has 0 saturated carbocycles. The lowest BCUT2D eigenvalue weighted by molar-refractivity contribution is -0.139. The summed E-state index contributed by atoms with van der Waals surface area (Å²) in [5, 5.41) is 15.3. The first-order chi connectivity index (χ1) is 15.2. The highest BCUT2D eigenvalue weighted by atomic mass is 16.6. The second kappa shape index (κ2) is 11.6. The van der Waals surface area contributed by atoms with E-state index in [4.69, 9.17) is 11.2 Å². The molecule has 0 bridgehead atoms. The molecule has 1 aromatic carbocycles. The van der Waals surface area contributed by atoms with E-state index in [9.17, 15) is 19.5 Å². The number of rotatable bonds is 8. The maximum absolute atomic E-state index is 13.6. The molecule has 0 aliphatic heterocycles. The minimum absolute atomic E-state index is 0.0485. The second-order valence-electron chi connectivity index (χ2n) is 9.78. The van der Waals surface area contributed by atoms with Crippen molar-refractivity contribution in [3.05, 3.63) is 29.3 Å². The van der Waals surface area contributed by atoms with Gasteiger partial charge >= 0.3 is 6.09 Å². The van der Waals surface area contributed by atoms with Gasteiger partial charge < -0.3 is 20.5 Å². The molecule has 33 heavy (non-hydrogen) atoms. The highest BCUT2D eigenvalue weighted by molar-refractivity contribution is 5.93. The Morgan fingerprint density at radius 2 is 1.76 bits per heavy atom. The molecule has 0 spiro atoms. The van der Waals surface area contributed by atoms with Crippen molar-refractivity contribution in [3.63, 3.8) is 0 Å². The van der Waals surface area contributed by atoms with E-state index in [0.717, 1.165) is 4.90 Å². The van der Waals surface area contributed by atoms with Crippen LogP contribution in [-0.2, 0) is 14.3 Å². The van der Waals surface area contributed by atoms with E-state index in [2.05, 4.69) is 16.7 Å². The molecule has 0 aliphatic rings. The van der Waals surface area contributed by atoms with E-state index in [1.54, 1.807) is 53.7 Å². The number of terminal acetylenes is 1. The summed E-state index contributed by atoms with van der Waals surface area (Å²) < 4.78 is 5.31. The van der Waals surface area contributed by atoms with Gasteiger partial charge in [-0.3, -0.25) is 14.5 Å². The zero-order valence-electron chi connectivity index (χ0n) is 20.9. The lowest BCUT2D eigenvalue weighted by Crippen LogP contribution is -2.52. The Bertz CT molecular complexity index is 896. The Morgan fingerprint density at radius 1 is 1.15 bits per heavy atom. The molecule has 1 rings (SSSR count). The average Bonchev–Trinajstić information content (AvgIpc) is 2.64. The maximum Gasteiger partial charge on any atom is 0.408 e. The van der Waals surface area contributed by atoms with Gasteiger partial charge in [0.1, 0.15) is 23.4 Å². The van der Waals surface area contributed by atoms with Crippen LogP contribution in [0, 0.1) is 25.3 Å². The first-order valence-electron chi connectivity index (χ1n) is 11.0. The number of amides is 3. The van der Waals surface area contributed by atoms with Gasteiger partial charge in [-0.25, -0.2) is 4.79 Å². The van der Waals surface area contributed by atoms with Crippen LogP contribution in [0.25, 0.3) is 0 Å². The fourth-order valence-electron chi connectivity index (χ4n) is 3.21. The van der Waals surface area contributed by atoms with Crippen LogP contribution in [0.1, 0.15) is 72.1 Å². The Morgan fingerprint density at radius 3 is 2.21 bits per heavy atom. The number of phenols is 1. The molecule has 2 atom stereocenters. The van der Waals surface area contributed by atoms with Gasteiger partial charge in [0.2, 0.25) is 5.91 Å². The highest BCUT2D eigenvalue weighted by Gasteiger charge is 2.36. The van der Waals surface area contributed by atoms with Crippen LogP contribution in [0.2, 0.25) is 0 Å². The van der Waals surface area contributed by atoms with E-state index in [-0.39, 0.29) is 17.7 Å². The first-order valence-corrected chi connectivity index (χ1v) is 11.0. The summed E-state index contributed by atoms with van der Waals surface area (Å²) in [7, 11) is 0. The summed E-state index contributed by atoms with van der Waals surface area (Å²) in [6, 6.07) is 4.59. The van der Waals surface area contributed by atoms with Gasteiger partial charge in [-0.05, 0) is 77.1 Å². The largest absolute Gasteiger partial charge is 0.508 e. The Labute approximate surface area is 197 Å². The van der Waals surface area contributed by atoms with Gasteiger partial charge in [0.05, 0.1) is 0 Å². The van der Waals surface area contributed by atoms with Crippen molar-refractivity contribution < 1.29 is 24.2 Å². The topological polar surface area (TPSA) is 108 Å². The van der Waals surface area contributed by atoms with E-state index in [1.165, 1.54) is 6.07 Å². The van der Waals surface area contributed by atoms with Crippen LogP contribution in [-0.4, -0.2) is 45.6 Å². The minimum Gasteiger partial charge on any atom is -0.508 e. The summed E-state index contributed by atoms with van der Waals surface area (Å²) in [5.41, 5.74) is 0.227. The van der Waals surface area contributed by atoms with Gasteiger partial charge in [0.25, 0.3) is 5.91 Å². The number of benzene rings is 1. The molecule has 0 aromatic heterocycles. The number of aryl methyl sites for hydroxylation is 1. The molecule has 3 N–H and O–H groups in total. The number of nitrogens with zero attached hydrogens (tertiary/aromatic N) is 1. The molecule has 0 heterocycles. The van der Waals surface area contributed by atoms with E-state index >= 15 is 0 Å². The quantitative estimate of drug-likeness (QED) is 0.406. The fourth-order valence-corrected chi connectivity index (χ4v) is 3.21. The molecule has 8 nitrogen and oxygen atoms in total. The minimum atomic E-state index is -1.15. The van der Waals surface area contributed by atoms with Crippen LogP contribution >= 0.6 is 0 Å². The van der Waals surface area contributed by atoms with Crippen molar-refractivity contribution in [1.82, 2.24) is 15.5 Å². The van der Waals surface area contributed by atoms with Gasteiger partial charge in [-0.1, -0.05) is 26.3 Å². The highest BCUT2D eigenvalue weighted by Crippen LogP contribution is 2.27. The Kier molecular flexibility index (Phi) is 9.78. The Balaban J connectivity index is 3.41. The molecule has 0 saturated heterocycles. The summed E-state index contributed by atoms with van der Waals surface area (Å²) in [5.74, 6) is -0.967. The summed E-state index contributed by atoms with van der Waals surface area (Å²) >= 11 is 0. The SMILES string of the molecule is C#CN(C(=O)C(CC(C)C)NC(=O)OC(C)(C)C)C(C(=O)NC(C)C)c1ccc(O)c(C)c1. The lowest BCUT2D eigenvalue weighted by atomic mass is 9.98. The summed E-state index contributed by atoms with van der Waals surface area (Å²) in [4.78, 5) is 40.1. The molecule has 0 fully saturated rings. The molecular formula is C25H37N3O5. The third-order valence-electron chi connectivity index (χ3n) is 4.55. The van der Waals surface area contributed by atoms with Crippen LogP contribution in [0.15, 0.2) is 18.2 Å². The first kappa shape index (κ1) is 27.8. The molecule has 0 aliphatic carbocycles. The second-order valence-corrected chi connectivity index (χ2v) is 9.78. The molecule has 1 aromatic rings. The fraction of sp³-hybridized carbons (Fsp3) is 0.560. The molecule has 2 unspecified atom stereocenters. The maximum atomic E-state index is 13.6. The number of carbonyl (C=O) groups is 3. The molecule has 8 heteroatoms. The van der Waals surface area contributed by atoms with Crippen molar-refractivity contribution in [2.45, 2.75) is 85.5 Å². The third-order valence-corrected chi connectivity index (χ3v) is 4.55. The number of hydrogen-bond acceptors (Lipinski definition) is 5. The third kappa shape index (κ3) is 8.68. The van der Waals surface area contributed by atoms with Gasteiger partial charge in [-0.15, -0.1) is 0 Å². The number of nitrogens with one attached hydrogen (secondary N) is 2. The van der Waals surface area contributed by atoms with Gasteiger partial charge in [0, 0.05) is 12.1 Å². The monoisotopic (exact) mass is 459 g/mol. The normalized spacial score (nSPS) is 13.1. The van der Waals surface area contributed by atoms with Crippen molar-refractivity contribution in [2.75, 3.05) is 0 Å². The summed E-state index contributed by atoms with van der Waals surface area (Å²) in [6.45, 7) is 14.3. The zero-order chi connectivity index (χ0) is 25.5. The molecular weight excluding hydrogens is 422 g/mol. The summed E-state index contributed by atoms with van der Waals surface area (Å²) in [6.07, 6.45) is 5.28. The number of ether oxygens (including phenoxy) is 1. The van der Waals surface area contributed by atoms with Crippen molar-refractivity contribution in [1.29, 1.82) is 0 Å². The number of carbonyl (C=O) groups excluding carboxylic acids is 3. The van der Waals surface area contributed by atoms with Gasteiger partial charge in [0.15, 0.2) is 0 Å². The van der Waals surface area contributed by atoms with Crippen molar-refractivity contribution >= 4 is 17.9 Å². The number of aromatic hydroxyl groups is 1. The van der Waals surface area contributed by atoms with Crippen LogP contribution < -0.4 is 10.6 Å². The molecule has 3 amide bonds. The standard InChI is InChI=1S/C25H37N3O5/c1-10-28(23(31)19(13-15(2)3)27-24(32)33-25(7,8)9)21(22(30)26-16(4)5)18-11-12-20(29)17(6)14-18/h1,11-12,14-16,19,21,29H,13H2,2-9H3,(H,26,30)(H,27,32). The Hall–Kier alpha value is -3.21. The number of hydrogen-bond donors (Lipinski definition) is 3. The van der Waals surface area contributed by atoms with Crippen LogP contribution in [0.5, 0.6) is 5.75 Å². The molecule has 0 radical (unpaired) electrons. The van der Waals surface area contributed by atoms with E-state index < -0.39 is 35.6 Å². The predicted molar refractivity (Wildman–Crippen MR) is 127 cm³/mol. The van der Waals surface area contributed by atoms with E-state index in [0.29, 0.717) is 17.5 Å². The van der Waals surface area contributed by atoms with Crippen molar-refractivity contribution in [2.24, 2.45) is 5.92 Å².